The average molecular weight is 533 g/mol. The number of benzene rings is 3. The van der Waals surface area contributed by atoms with E-state index in [1.54, 1.807) is 0 Å². The minimum atomic E-state index is -1.16. The number of halogens is 3. The van der Waals surface area contributed by atoms with Crippen molar-refractivity contribution in [1.82, 2.24) is 0 Å². The van der Waals surface area contributed by atoms with Gasteiger partial charge in [-0.2, -0.15) is 0 Å². The van der Waals surface area contributed by atoms with Gasteiger partial charge in [-0.05, 0) is 59.2 Å². The predicted molar refractivity (Wildman–Crippen MR) is 128 cm³/mol. The lowest BCUT2D eigenvalue weighted by Crippen LogP contribution is -2.34. The van der Waals surface area contributed by atoms with Crippen molar-refractivity contribution in [2.75, 3.05) is 0 Å². The van der Waals surface area contributed by atoms with Gasteiger partial charge >= 0.3 is 0 Å². The Morgan fingerprint density at radius 1 is 0.897 bits per heavy atom. The summed E-state index contributed by atoms with van der Waals surface area (Å²) >= 11 is 13.9. The summed E-state index contributed by atoms with van der Waals surface area (Å²) in [7, 11) is 0. The van der Waals surface area contributed by atoms with Crippen LogP contribution in [-0.2, 0) is 5.60 Å². The fraction of sp³-hybridized carbons (Fsp3) is 0.200. The summed E-state index contributed by atoms with van der Waals surface area (Å²) in [6.45, 7) is 2.24. The molecule has 0 bridgehead atoms. The Kier molecular flexibility index (Phi) is 6.04. The van der Waals surface area contributed by atoms with E-state index in [9.17, 15) is 5.11 Å². The molecule has 0 aromatic heterocycles. The van der Waals surface area contributed by atoms with Crippen LogP contribution in [0.4, 0.5) is 0 Å². The lowest BCUT2D eigenvalue weighted by Gasteiger charge is -2.41. The molecule has 0 saturated heterocycles. The van der Waals surface area contributed by atoms with Gasteiger partial charge in [0.15, 0.2) is 0 Å². The molecule has 3 aromatic carbocycles. The molecule has 0 radical (unpaired) electrons. The standard InChI is InChI=1S/C25H21Br2ClO/c1-16-19(17-8-2-5-11-22(17)26)14-25(29,21-10-4-7-13-24(21)28)15-20(16)18-9-3-6-12-23(18)27/h2-14,16,20,29H,15H2,1H3. The highest BCUT2D eigenvalue weighted by molar-refractivity contribution is 9.10. The topological polar surface area (TPSA) is 20.2 Å². The molecule has 1 aliphatic carbocycles. The van der Waals surface area contributed by atoms with Gasteiger partial charge in [-0.15, -0.1) is 0 Å². The van der Waals surface area contributed by atoms with Crippen molar-refractivity contribution in [2.24, 2.45) is 5.92 Å². The van der Waals surface area contributed by atoms with E-state index in [1.165, 1.54) is 5.56 Å². The molecule has 1 aliphatic rings. The average Bonchev–Trinajstić information content (AvgIpc) is 2.71. The van der Waals surface area contributed by atoms with Crippen molar-refractivity contribution >= 4 is 49.0 Å². The van der Waals surface area contributed by atoms with Crippen LogP contribution in [-0.4, -0.2) is 5.11 Å². The van der Waals surface area contributed by atoms with Gasteiger partial charge in [0.2, 0.25) is 0 Å². The number of allylic oxidation sites excluding steroid dienone is 1. The highest BCUT2D eigenvalue weighted by Gasteiger charge is 2.41. The maximum atomic E-state index is 11.9. The van der Waals surface area contributed by atoms with Crippen molar-refractivity contribution in [3.8, 4) is 0 Å². The Balaban J connectivity index is 1.93. The molecule has 1 N–H and O–H groups in total. The zero-order valence-corrected chi connectivity index (χ0v) is 19.9. The first-order valence-corrected chi connectivity index (χ1v) is 11.6. The molecule has 0 heterocycles. The monoisotopic (exact) mass is 530 g/mol. The van der Waals surface area contributed by atoms with Crippen LogP contribution in [0.2, 0.25) is 5.02 Å². The summed E-state index contributed by atoms with van der Waals surface area (Å²) in [6, 6.07) is 24.0. The summed E-state index contributed by atoms with van der Waals surface area (Å²) < 4.78 is 2.08. The lowest BCUT2D eigenvalue weighted by atomic mass is 9.67. The largest absolute Gasteiger partial charge is 0.381 e. The first-order chi connectivity index (χ1) is 13.9. The maximum Gasteiger partial charge on any atom is 0.110 e. The second-order valence-corrected chi connectivity index (χ2v) is 9.72. The van der Waals surface area contributed by atoms with Gasteiger partial charge in [0, 0.05) is 19.5 Å². The highest BCUT2D eigenvalue weighted by Crippen LogP contribution is 2.52. The van der Waals surface area contributed by atoms with Gasteiger partial charge in [-0.25, -0.2) is 0 Å². The minimum absolute atomic E-state index is 0.124. The van der Waals surface area contributed by atoms with Crippen LogP contribution in [0, 0.1) is 5.92 Å². The molecule has 3 unspecified atom stereocenters. The Labute approximate surface area is 193 Å². The zero-order chi connectivity index (χ0) is 20.6. The van der Waals surface area contributed by atoms with Crippen molar-refractivity contribution < 1.29 is 5.11 Å². The van der Waals surface area contributed by atoms with Crippen LogP contribution < -0.4 is 0 Å². The molecular weight excluding hydrogens is 512 g/mol. The third-order valence-electron chi connectivity index (χ3n) is 5.85. The Hall–Kier alpha value is -1.39. The van der Waals surface area contributed by atoms with Crippen molar-refractivity contribution in [3.05, 3.63) is 110 Å². The van der Waals surface area contributed by atoms with E-state index in [-0.39, 0.29) is 11.8 Å². The smallest absolute Gasteiger partial charge is 0.110 e. The van der Waals surface area contributed by atoms with Gasteiger partial charge in [-0.3, -0.25) is 0 Å². The van der Waals surface area contributed by atoms with Gasteiger partial charge in [0.05, 0.1) is 0 Å². The first kappa shape index (κ1) is 20.9. The molecule has 4 rings (SSSR count). The Morgan fingerprint density at radius 3 is 2.21 bits per heavy atom. The number of aliphatic hydroxyl groups is 1. The predicted octanol–water partition coefficient (Wildman–Crippen LogP) is 7.96. The molecule has 29 heavy (non-hydrogen) atoms. The van der Waals surface area contributed by atoms with Crippen LogP contribution >= 0.6 is 43.5 Å². The normalized spacial score (nSPS) is 24.2. The molecule has 0 fully saturated rings. The molecule has 148 valence electrons. The van der Waals surface area contributed by atoms with Gasteiger partial charge in [-0.1, -0.05) is 105 Å². The molecule has 0 aliphatic heterocycles. The van der Waals surface area contributed by atoms with E-state index in [1.807, 2.05) is 54.6 Å². The van der Waals surface area contributed by atoms with E-state index in [2.05, 4.69) is 63.0 Å². The fourth-order valence-electron chi connectivity index (χ4n) is 4.35. The van der Waals surface area contributed by atoms with Crippen LogP contribution in [0.3, 0.4) is 0 Å². The first-order valence-electron chi connectivity index (χ1n) is 9.60. The molecule has 0 saturated carbocycles. The number of rotatable bonds is 3. The number of hydrogen-bond acceptors (Lipinski definition) is 1. The van der Waals surface area contributed by atoms with E-state index in [0.717, 1.165) is 25.6 Å². The van der Waals surface area contributed by atoms with Gasteiger partial charge in [0.1, 0.15) is 5.60 Å². The van der Waals surface area contributed by atoms with Crippen LogP contribution in [0.25, 0.3) is 5.57 Å². The highest BCUT2D eigenvalue weighted by atomic mass is 79.9. The summed E-state index contributed by atoms with van der Waals surface area (Å²) in [6.07, 6.45) is 2.57. The summed E-state index contributed by atoms with van der Waals surface area (Å²) in [5.41, 5.74) is 3.00. The van der Waals surface area contributed by atoms with Crippen LogP contribution in [0.5, 0.6) is 0 Å². The lowest BCUT2D eigenvalue weighted by molar-refractivity contribution is 0.0610. The third kappa shape index (κ3) is 3.98. The fourth-order valence-corrected chi connectivity index (χ4v) is 5.74. The van der Waals surface area contributed by atoms with Crippen LogP contribution in [0.1, 0.15) is 36.0 Å². The molecule has 0 spiro atoms. The van der Waals surface area contributed by atoms with E-state index >= 15 is 0 Å². The van der Waals surface area contributed by atoms with Crippen molar-refractivity contribution in [2.45, 2.75) is 24.9 Å². The van der Waals surface area contributed by atoms with Gasteiger partial charge < -0.3 is 5.11 Å². The second-order valence-electron chi connectivity index (χ2n) is 7.60. The Morgan fingerprint density at radius 2 is 1.52 bits per heavy atom. The minimum Gasteiger partial charge on any atom is -0.381 e. The van der Waals surface area contributed by atoms with Crippen LogP contribution in [0.15, 0.2) is 87.8 Å². The van der Waals surface area contributed by atoms with E-state index in [4.69, 9.17) is 11.6 Å². The molecule has 1 nitrogen and oxygen atoms in total. The van der Waals surface area contributed by atoms with Crippen molar-refractivity contribution in [1.29, 1.82) is 0 Å². The van der Waals surface area contributed by atoms with E-state index in [0.29, 0.717) is 11.4 Å². The maximum absolute atomic E-state index is 11.9. The summed E-state index contributed by atoms with van der Waals surface area (Å²) in [5, 5.41) is 12.5. The molecule has 4 heteroatoms. The quantitative estimate of drug-likeness (QED) is 0.363. The molecule has 3 aromatic rings. The second kappa shape index (κ2) is 8.39. The van der Waals surface area contributed by atoms with Crippen molar-refractivity contribution in [3.63, 3.8) is 0 Å². The van der Waals surface area contributed by atoms with E-state index < -0.39 is 5.60 Å². The number of hydrogen-bond donors (Lipinski definition) is 1. The SMILES string of the molecule is CC1C(c2ccccc2Br)=CC(O)(c2ccccc2Cl)CC1c1ccccc1Br. The molecular formula is C25H21Br2ClO. The summed E-state index contributed by atoms with van der Waals surface area (Å²) in [4.78, 5) is 0. The zero-order valence-electron chi connectivity index (χ0n) is 15.9. The molecule has 0 amide bonds. The third-order valence-corrected chi connectivity index (χ3v) is 7.59. The van der Waals surface area contributed by atoms with Gasteiger partial charge in [0.25, 0.3) is 0 Å². The summed E-state index contributed by atoms with van der Waals surface area (Å²) in [5.74, 6) is 0.342. The molecule has 3 atom stereocenters. The Bertz CT molecular complexity index is 1080.